The van der Waals surface area contributed by atoms with Crippen molar-refractivity contribution < 1.29 is 14.3 Å². The van der Waals surface area contributed by atoms with Crippen LogP contribution in [-0.4, -0.2) is 22.4 Å². The van der Waals surface area contributed by atoms with Gasteiger partial charge in [0.05, 0.1) is 5.54 Å². The zero-order chi connectivity index (χ0) is 16.6. The van der Waals surface area contributed by atoms with Crippen LogP contribution in [0.1, 0.15) is 52.5 Å². The minimum absolute atomic E-state index is 0. The third-order valence-electron chi connectivity index (χ3n) is 3.42. The fraction of sp³-hybridized carbons (Fsp3) is 0.588. The fourth-order valence-corrected chi connectivity index (χ4v) is 1.97. The molecule has 1 amide bonds. The molecular formula is C17H27ClN2O3. The molecular weight excluding hydrogens is 316 g/mol. The number of ether oxygens (including phenoxy) is 1. The van der Waals surface area contributed by atoms with E-state index in [1.54, 1.807) is 38.4 Å². The summed E-state index contributed by atoms with van der Waals surface area (Å²) in [7, 11) is 0. The van der Waals surface area contributed by atoms with Crippen molar-refractivity contribution >= 4 is 24.3 Å². The Kier molecular flexibility index (Phi) is 9.49. The summed E-state index contributed by atoms with van der Waals surface area (Å²) in [5.74, 6) is 0.600. The lowest BCUT2D eigenvalue weighted by Gasteiger charge is -2.24. The molecule has 5 nitrogen and oxygen atoms in total. The lowest BCUT2D eigenvalue weighted by Crippen LogP contribution is -2.49. The van der Waals surface area contributed by atoms with E-state index < -0.39 is 11.6 Å². The van der Waals surface area contributed by atoms with Gasteiger partial charge >= 0.3 is 6.09 Å². The van der Waals surface area contributed by atoms with Gasteiger partial charge in [0.1, 0.15) is 6.61 Å². The van der Waals surface area contributed by atoms with E-state index in [4.69, 9.17) is 4.74 Å². The summed E-state index contributed by atoms with van der Waals surface area (Å²) >= 11 is 0. The Morgan fingerprint density at radius 3 is 2.43 bits per heavy atom. The summed E-state index contributed by atoms with van der Waals surface area (Å²) in [5.41, 5.74) is -0.0574. The Bertz CT molecular complexity index is 490. The molecule has 0 radical (unpaired) electrons. The van der Waals surface area contributed by atoms with Crippen LogP contribution in [0.5, 0.6) is 0 Å². The highest BCUT2D eigenvalue weighted by Gasteiger charge is 2.29. The van der Waals surface area contributed by atoms with E-state index in [0.717, 1.165) is 18.4 Å². The highest BCUT2D eigenvalue weighted by atomic mass is 35.5. The minimum atomic E-state index is -0.910. The van der Waals surface area contributed by atoms with Crippen molar-refractivity contribution in [3.05, 3.63) is 30.1 Å². The topological polar surface area (TPSA) is 68.3 Å². The Morgan fingerprint density at radius 1 is 1.26 bits per heavy atom. The van der Waals surface area contributed by atoms with Crippen molar-refractivity contribution in [3.63, 3.8) is 0 Å². The average Bonchev–Trinajstić information content (AvgIpc) is 2.45. The van der Waals surface area contributed by atoms with Gasteiger partial charge in [-0.3, -0.25) is 9.78 Å². The van der Waals surface area contributed by atoms with Crippen LogP contribution < -0.4 is 5.32 Å². The molecule has 0 fully saturated rings. The van der Waals surface area contributed by atoms with Gasteiger partial charge in [-0.05, 0) is 43.9 Å². The van der Waals surface area contributed by atoms with Gasteiger partial charge in [0.15, 0.2) is 5.78 Å². The van der Waals surface area contributed by atoms with Gasteiger partial charge < -0.3 is 10.1 Å². The molecule has 1 rings (SSSR count). The van der Waals surface area contributed by atoms with Crippen LogP contribution in [0.15, 0.2) is 24.5 Å². The molecule has 1 N–H and O–H groups in total. The van der Waals surface area contributed by atoms with Crippen molar-refractivity contribution in [2.75, 3.05) is 0 Å². The lowest BCUT2D eigenvalue weighted by atomic mass is 9.93. The maximum Gasteiger partial charge on any atom is 0.408 e. The molecule has 0 saturated heterocycles. The summed E-state index contributed by atoms with van der Waals surface area (Å²) in [4.78, 5) is 27.9. The molecule has 0 aliphatic rings. The molecule has 0 atom stereocenters. The SMILES string of the molecule is CC(C)CCCC(=O)C(C)(C)NC(=O)OCc1ccncc1.Cl. The van der Waals surface area contributed by atoms with Crippen LogP contribution in [0.25, 0.3) is 0 Å². The summed E-state index contributed by atoms with van der Waals surface area (Å²) < 4.78 is 5.13. The zero-order valence-corrected chi connectivity index (χ0v) is 15.1. The normalized spacial score (nSPS) is 10.8. The molecule has 23 heavy (non-hydrogen) atoms. The number of hydrogen-bond acceptors (Lipinski definition) is 4. The van der Waals surface area contributed by atoms with Crippen LogP contribution in [-0.2, 0) is 16.1 Å². The van der Waals surface area contributed by atoms with Crippen LogP contribution in [0.4, 0.5) is 4.79 Å². The smallest absolute Gasteiger partial charge is 0.408 e. The number of alkyl carbamates (subject to hydrolysis) is 1. The molecule has 0 aliphatic carbocycles. The second kappa shape index (κ2) is 10.2. The van der Waals surface area contributed by atoms with Crippen molar-refractivity contribution in [1.82, 2.24) is 10.3 Å². The summed E-state index contributed by atoms with van der Waals surface area (Å²) in [6, 6.07) is 3.55. The number of aromatic nitrogens is 1. The van der Waals surface area contributed by atoms with E-state index in [9.17, 15) is 9.59 Å². The van der Waals surface area contributed by atoms with Gasteiger partial charge in [0.2, 0.25) is 0 Å². The monoisotopic (exact) mass is 342 g/mol. The fourth-order valence-electron chi connectivity index (χ4n) is 1.97. The molecule has 0 spiro atoms. The number of rotatable bonds is 8. The molecule has 0 unspecified atom stereocenters. The Hall–Kier alpha value is -1.62. The van der Waals surface area contributed by atoms with Gasteiger partial charge in [0, 0.05) is 18.8 Å². The van der Waals surface area contributed by atoms with Crippen LogP contribution in [0.3, 0.4) is 0 Å². The zero-order valence-electron chi connectivity index (χ0n) is 14.3. The first-order chi connectivity index (χ1) is 10.3. The van der Waals surface area contributed by atoms with E-state index in [2.05, 4.69) is 24.1 Å². The second-order valence-corrected chi connectivity index (χ2v) is 6.39. The summed E-state index contributed by atoms with van der Waals surface area (Å²) in [5, 5.41) is 2.64. The van der Waals surface area contributed by atoms with Gasteiger partial charge in [-0.15, -0.1) is 12.4 Å². The van der Waals surface area contributed by atoms with Crippen LogP contribution in [0.2, 0.25) is 0 Å². The number of carbonyl (C=O) groups is 2. The number of halogens is 1. The predicted molar refractivity (Wildman–Crippen MR) is 92.6 cm³/mol. The summed E-state index contributed by atoms with van der Waals surface area (Å²) in [6.07, 6.45) is 5.01. The van der Waals surface area contributed by atoms with Crippen molar-refractivity contribution in [1.29, 1.82) is 0 Å². The van der Waals surface area contributed by atoms with Crippen molar-refractivity contribution in [3.8, 4) is 0 Å². The highest BCUT2D eigenvalue weighted by Crippen LogP contribution is 2.13. The predicted octanol–water partition coefficient (Wildman–Crippen LogP) is 3.90. The number of nitrogens with one attached hydrogen (secondary N) is 1. The van der Waals surface area contributed by atoms with Gasteiger partial charge in [-0.2, -0.15) is 0 Å². The highest BCUT2D eigenvalue weighted by molar-refractivity contribution is 5.90. The molecule has 0 aromatic carbocycles. The summed E-state index contributed by atoms with van der Waals surface area (Å²) in [6.45, 7) is 7.83. The molecule has 1 heterocycles. The Balaban J connectivity index is 0.00000484. The standard InChI is InChI=1S/C17H26N2O3.ClH/c1-13(2)6-5-7-15(20)17(3,4)19-16(21)22-12-14-8-10-18-11-9-14;/h8-11,13H,5-7,12H2,1-4H3,(H,19,21);1H. The number of amides is 1. The average molecular weight is 343 g/mol. The van der Waals surface area contributed by atoms with E-state index in [0.29, 0.717) is 12.3 Å². The van der Waals surface area contributed by atoms with Crippen molar-refractivity contribution in [2.24, 2.45) is 5.92 Å². The first-order valence-electron chi connectivity index (χ1n) is 7.68. The third-order valence-corrected chi connectivity index (χ3v) is 3.42. The van der Waals surface area contributed by atoms with Gasteiger partial charge in [-0.25, -0.2) is 4.79 Å². The van der Waals surface area contributed by atoms with Crippen molar-refractivity contribution in [2.45, 2.75) is 59.1 Å². The number of pyridine rings is 1. The number of ketones is 1. The Labute approximate surface area is 144 Å². The molecule has 1 aromatic heterocycles. The van der Waals surface area contributed by atoms with Crippen LogP contribution >= 0.6 is 12.4 Å². The van der Waals surface area contributed by atoms with Gasteiger partial charge in [-0.1, -0.05) is 20.3 Å². The van der Waals surface area contributed by atoms with E-state index in [-0.39, 0.29) is 24.8 Å². The lowest BCUT2D eigenvalue weighted by molar-refractivity contribution is -0.124. The second-order valence-electron chi connectivity index (χ2n) is 6.39. The molecule has 130 valence electrons. The van der Waals surface area contributed by atoms with E-state index in [1.807, 2.05) is 0 Å². The van der Waals surface area contributed by atoms with E-state index >= 15 is 0 Å². The maximum atomic E-state index is 12.2. The third kappa shape index (κ3) is 8.55. The van der Waals surface area contributed by atoms with Crippen LogP contribution in [0, 0.1) is 5.92 Å². The number of nitrogens with zero attached hydrogens (tertiary/aromatic N) is 1. The van der Waals surface area contributed by atoms with E-state index in [1.165, 1.54) is 0 Å². The molecule has 0 saturated carbocycles. The molecule has 0 aliphatic heterocycles. The number of carbonyl (C=O) groups excluding carboxylic acids is 2. The molecule has 0 bridgehead atoms. The minimum Gasteiger partial charge on any atom is -0.445 e. The maximum absolute atomic E-state index is 12.2. The Morgan fingerprint density at radius 2 is 1.87 bits per heavy atom. The number of hydrogen-bond donors (Lipinski definition) is 1. The largest absolute Gasteiger partial charge is 0.445 e. The molecule has 6 heteroatoms. The quantitative estimate of drug-likeness (QED) is 0.777. The first kappa shape index (κ1) is 21.4. The van der Waals surface area contributed by atoms with Gasteiger partial charge in [0.25, 0.3) is 0 Å². The number of Topliss-reactive ketones (excluding diaryl/α,β-unsaturated/α-hetero) is 1. The first-order valence-corrected chi connectivity index (χ1v) is 7.68. The molecule has 1 aromatic rings.